The third-order valence-corrected chi connectivity index (χ3v) is 4.16. The van der Waals surface area contributed by atoms with Gasteiger partial charge >= 0.3 is 5.97 Å². The smallest absolute Gasteiger partial charge is 0.307 e. The quantitative estimate of drug-likeness (QED) is 0.599. The predicted octanol–water partition coefficient (Wildman–Crippen LogP) is 4.18. The number of allylic oxidation sites excluding steroid dienone is 2. The van der Waals surface area contributed by atoms with Crippen LogP contribution in [-0.4, -0.2) is 5.97 Å². The van der Waals surface area contributed by atoms with Crippen LogP contribution in [0, 0.1) is 5.92 Å². The zero-order valence-corrected chi connectivity index (χ0v) is 11.4. The van der Waals surface area contributed by atoms with Gasteiger partial charge in [-0.15, -0.1) is 0 Å². The summed E-state index contributed by atoms with van der Waals surface area (Å²) in [6.07, 6.45) is 5.82. The van der Waals surface area contributed by atoms with E-state index in [4.69, 9.17) is 4.74 Å². The van der Waals surface area contributed by atoms with Crippen LogP contribution in [0.2, 0.25) is 0 Å². The van der Waals surface area contributed by atoms with Gasteiger partial charge in [0.25, 0.3) is 0 Å². The van der Waals surface area contributed by atoms with Crippen molar-refractivity contribution in [3.63, 3.8) is 0 Å². The van der Waals surface area contributed by atoms with Crippen LogP contribution in [0.4, 0.5) is 0 Å². The monoisotopic (exact) mass is 256 g/mol. The van der Waals surface area contributed by atoms with Crippen LogP contribution < -0.4 is 0 Å². The minimum atomic E-state index is -0.173. The minimum Gasteiger partial charge on any atom is -0.431 e. The van der Waals surface area contributed by atoms with Crippen molar-refractivity contribution < 1.29 is 9.53 Å². The molecular weight excluding hydrogens is 236 g/mol. The highest BCUT2D eigenvalue weighted by molar-refractivity contribution is 5.67. The summed E-state index contributed by atoms with van der Waals surface area (Å²) in [7, 11) is 0. The fraction of sp³-hybridized carbons (Fsp3) is 0.471. The molecule has 2 saturated carbocycles. The van der Waals surface area contributed by atoms with Crippen molar-refractivity contribution in [2.75, 3.05) is 0 Å². The highest BCUT2D eigenvalue weighted by Gasteiger charge is 2.44. The van der Waals surface area contributed by atoms with Gasteiger partial charge < -0.3 is 4.74 Å². The maximum absolute atomic E-state index is 11.3. The van der Waals surface area contributed by atoms with Crippen LogP contribution in [0.1, 0.15) is 50.5 Å². The van der Waals surface area contributed by atoms with E-state index in [0.717, 1.165) is 25.0 Å². The van der Waals surface area contributed by atoms with Gasteiger partial charge in [-0.2, -0.15) is 0 Å². The van der Waals surface area contributed by atoms with Crippen LogP contribution >= 0.6 is 0 Å². The van der Waals surface area contributed by atoms with Crippen LogP contribution in [-0.2, 0) is 9.53 Å². The number of ether oxygens (including phenoxy) is 1. The zero-order chi connectivity index (χ0) is 13.2. The van der Waals surface area contributed by atoms with Crippen LogP contribution in [0.5, 0.6) is 0 Å². The third kappa shape index (κ3) is 2.73. The molecule has 2 heteroatoms. The molecule has 0 spiro atoms. The summed E-state index contributed by atoms with van der Waals surface area (Å²) in [5, 5.41) is 0. The van der Waals surface area contributed by atoms with Gasteiger partial charge in [-0.1, -0.05) is 30.3 Å². The average molecular weight is 256 g/mol. The van der Waals surface area contributed by atoms with Crippen LogP contribution in [0.15, 0.2) is 41.7 Å². The van der Waals surface area contributed by atoms with Gasteiger partial charge in [0, 0.05) is 12.8 Å². The molecule has 0 saturated heterocycles. The summed E-state index contributed by atoms with van der Waals surface area (Å²) in [5.74, 6) is 1.80. The Labute approximate surface area is 114 Å². The van der Waals surface area contributed by atoms with E-state index in [1.54, 1.807) is 0 Å². The van der Waals surface area contributed by atoms with Crippen molar-refractivity contribution in [1.82, 2.24) is 0 Å². The van der Waals surface area contributed by atoms with Crippen molar-refractivity contribution >= 4 is 5.97 Å². The summed E-state index contributed by atoms with van der Waals surface area (Å²) >= 11 is 0. The Morgan fingerprint density at radius 3 is 2.47 bits per heavy atom. The molecule has 0 unspecified atom stereocenters. The number of benzene rings is 1. The number of carbonyl (C=O) groups is 1. The topological polar surface area (TPSA) is 26.3 Å². The first-order valence-electron chi connectivity index (χ1n) is 7.21. The molecule has 0 aromatic heterocycles. The fourth-order valence-electron chi connectivity index (χ4n) is 3.17. The SMILES string of the molecule is CC(=O)OC(=C1CCCC1)[C@H]1C[C@H]1c1ccccc1. The Bertz CT molecular complexity index is 493. The maximum atomic E-state index is 11.3. The Morgan fingerprint density at radius 1 is 1.16 bits per heavy atom. The second kappa shape index (κ2) is 5.20. The normalized spacial score (nSPS) is 25.2. The summed E-state index contributed by atoms with van der Waals surface area (Å²) in [4.78, 5) is 11.3. The van der Waals surface area contributed by atoms with Gasteiger partial charge in [0.1, 0.15) is 5.76 Å². The summed E-state index contributed by atoms with van der Waals surface area (Å²) < 4.78 is 5.55. The molecule has 2 nitrogen and oxygen atoms in total. The van der Waals surface area contributed by atoms with Gasteiger partial charge in [-0.3, -0.25) is 4.79 Å². The van der Waals surface area contributed by atoms with Gasteiger partial charge in [0.15, 0.2) is 0 Å². The Balaban J connectivity index is 1.80. The summed E-state index contributed by atoms with van der Waals surface area (Å²) in [5.41, 5.74) is 2.76. The molecular formula is C17H20O2. The third-order valence-electron chi connectivity index (χ3n) is 4.16. The number of hydrogen-bond donors (Lipinski definition) is 0. The molecule has 2 aliphatic rings. The zero-order valence-electron chi connectivity index (χ0n) is 11.4. The molecule has 0 amide bonds. The highest BCUT2D eigenvalue weighted by Crippen LogP contribution is 2.53. The molecule has 0 radical (unpaired) electrons. The van der Waals surface area contributed by atoms with E-state index in [2.05, 4.69) is 24.3 Å². The van der Waals surface area contributed by atoms with Crippen molar-refractivity contribution in [1.29, 1.82) is 0 Å². The molecule has 2 atom stereocenters. The predicted molar refractivity (Wildman–Crippen MR) is 74.6 cm³/mol. The molecule has 2 aliphatic carbocycles. The molecule has 0 N–H and O–H groups in total. The lowest BCUT2D eigenvalue weighted by Gasteiger charge is -2.11. The first kappa shape index (κ1) is 12.5. The molecule has 1 aromatic rings. The Hall–Kier alpha value is -1.57. The lowest BCUT2D eigenvalue weighted by Crippen LogP contribution is -2.04. The van der Waals surface area contributed by atoms with Crippen LogP contribution in [0.3, 0.4) is 0 Å². The summed E-state index contributed by atoms with van der Waals surface area (Å²) in [6, 6.07) is 10.6. The number of rotatable bonds is 3. The molecule has 3 rings (SSSR count). The van der Waals surface area contributed by atoms with E-state index < -0.39 is 0 Å². The van der Waals surface area contributed by atoms with E-state index in [1.165, 1.54) is 30.9 Å². The second-order valence-electron chi connectivity index (χ2n) is 5.63. The first-order chi connectivity index (χ1) is 9.25. The Morgan fingerprint density at radius 2 is 1.84 bits per heavy atom. The largest absolute Gasteiger partial charge is 0.431 e. The Kier molecular flexibility index (Phi) is 3.41. The van der Waals surface area contributed by atoms with Crippen molar-refractivity contribution in [2.24, 2.45) is 5.92 Å². The van der Waals surface area contributed by atoms with E-state index in [1.807, 2.05) is 6.07 Å². The van der Waals surface area contributed by atoms with E-state index in [-0.39, 0.29) is 5.97 Å². The first-order valence-corrected chi connectivity index (χ1v) is 7.21. The van der Waals surface area contributed by atoms with E-state index in [0.29, 0.717) is 11.8 Å². The molecule has 2 fully saturated rings. The molecule has 0 heterocycles. The highest BCUT2D eigenvalue weighted by atomic mass is 16.5. The van der Waals surface area contributed by atoms with E-state index in [9.17, 15) is 4.79 Å². The summed E-state index contributed by atoms with van der Waals surface area (Å²) in [6.45, 7) is 1.51. The lowest BCUT2D eigenvalue weighted by molar-refractivity contribution is -0.137. The molecule has 0 bridgehead atoms. The van der Waals surface area contributed by atoms with Gasteiger partial charge in [0.05, 0.1) is 0 Å². The number of esters is 1. The number of carbonyl (C=O) groups excluding carboxylic acids is 1. The molecule has 100 valence electrons. The van der Waals surface area contributed by atoms with Gasteiger partial charge in [0.2, 0.25) is 0 Å². The minimum absolute atomic E-state index is 0.173. The molecule has 0 aliphatic heterocycles. The van der Waals surface area contributed by atoms with Crippen molar-refractivity contribution in [3.05, 3.63) is 47.2 Å². The van der Waals surface area contributed by atoms with Crippen molar-refractivity contribution in [3.8, 4) is 0 Å². The molecule has 1 aromatic carbocycles. The lowest BCUT2D eigenvalue weighted by atomic mass is 10.1. The maximum Gasteiger partial charge on any atom is 0.307 e. The standard InChI is InChI=1S/C17H20O2/c1-12(18)19-17(14-9-5-6-10-14)16-11-15(16)13-7-3-2-4-8-13/h2-4,7-8,15-16H,5-6,9-11H2,1H3/t15-,16-/m0/s1. The van der Waals surface area contributed by atoms with Gasteiger partial charge in [-0.05, 0) is 49.2 Å². The second-order valence-corrected chi connectivity index (χ2v) is 5.63. The van der Waals surface area contributed by atoms with Crippen LogP contribution in [0.25, 0.3) is 0 Å². The fourth-order valence-corrected chi connectivity index (χ4v) is 3.17. The van der Waals surface area contributed by atoms with Crippen molar-refractivity contribution in [2.45, 2.75) is 44.9 Å². The van der Waals surface area contributed by atoms with Gasteiger partial charge in [-0.25, -0.2) is 0 Å². The van der Waals surface area contributed by atoms with E-state index >= 15 is 0 Å². The molecule has 19 heavy (non-hydrogen) atoms. The average Bonchev–Trinajstić information content (AvgIpc) is 3.02. The number of hydrogen-bond acceptors (Lipinski definition) is 2.